The number of ketones is 2. The summed E-state index contributed by atoms with van der Waals surface area (Å²) in [5.74, 6) is -0.707. The van der Waals surface area contributed by atoms with Gasteiger partial charge in [-0.25, -0.2) is 4.79 Å². The molecule has 0 amide bonds. The Labute approximate surface area is 104 Å². The topological polar surface area (TPSA) is 60.4 Å². The van der Waals surface area contributed by atoms with Gasteiger partial charge >= 0.3 is 5.97 Å². The fourth-order valence-electron chi connectivity index (χ4n) is 3.02. The molecule has 0 N–H and O–H groups in total. The summed E-state index contributed by atoms with van der Waals surface area (Å²) < 4.78 is 4.77. The Kier molecular flexibility index (Phi) is 2.03. The molecule has 0 saturated carbocycles. The number of carbonyl (C=O) groups excluding carboxylic acids is 3. The molecule has 0 aliphatic heterocycles. The van der Waals surface area contributed by atoms with Gasteiger partial charge in [0.2, 0.25) is 0 Å². The van der Waals surface area contributed by atoms with Gasteiger partial charge < -0.3 is 4.74 Å². The molecule has 0 unspecified atom stereocenters. The molecular formula is C14H12O4. The highest BCUT2D eigenvalue weighted by Crippen LogP contribution is 2.46. The number of ether oxygens (including phenoxy) is 1. The van der Waals surface area contributed by atoms with Crippen LogP contribution in [0.4, 0.5) is 0 Å². The van der Waals surface area contributed by atoms with Crippen LogP contribution in [0.15, 0.2) is 0 Å². The maximum Gasteiger partial charge on any atom is 0.338 e. The fourth-order valence-corrected chi connectivity index (χ4v) is 3.02. The Morgan fingerprint density at radius 2 is 1.94 bits per heavy atom. The Hall–Kier alpha value is -1.97. The van der Waals surface area contributed by atoms with Gasteiger partial charge in [-0.2, -0.15) is 0 Å². The largest absolute Gasteiger partial charge is 0.465 e. The first kappa shape index (κ1) is 11.1. The van der Waals surface area contributed by atoms with E-state index in [-0.39, 0.29) is 23.9 Å². The number of Topliss-reactive ketones (excluding diaryl/α,β-unsaturated/α-hetero) is 2. The molecule has 1 aromatic rings. The van der Waals surface area contributed by atoms with Gasteiger partial charge in [-0.15, -0.1) is 0 Å². The molecular weight excluding hydrogens is 232 g/mol. The van der Waals surface area contributed by atoms with E-state index in [1.165, 1.54) is 7.11 Å². The Morgan fingerprint density at radius 1 is 1.28 bits per heavy atom. The van der Waals surface area contributed by atoms with Gasteiger partial charge in [-0.1, -0.05) is 6.92 Å². The van der Waals surface area contributed by atoms with E-state index < -0.39 is 5.97 Å². The van der Waals surface area contributed by atoms with Gasteiger partial charge in [0.05, 0.1) is 12.7 Å². The molecule has 0 bridgehead atoms. The fraction of sp³-hybridized carbons (Fsp3) is 0.357. The average Bonchev–Trinajstić information content (AvgIpc) is 2.34. The first-order valence-corrected chi connectivity index (χ1v) is 5.84. The van der Waals surface area contributed by atoms with Crippen LogP contribution in [-0.4, -0.2) is 24.6 Å². The van der Waals surface area contributed by atoms with Gasteiger partial charge in [0.1, 0.15) is 0 Å². The molecule has 4 nitrogen and oxygen atoms in total. The summed E-state index contributed by atoms with van der Waals surface area (Å²) in [6, 6.07) is 0. The summed E-state index contributed by atoms with van der Waals surface area (Å²) in [4.78, 5) is 35.3. The van der Waals surface area contributed by atoms with Gasteiger partial charge in [0, 0.05) is 23.5 Å². The zero-order valence-corrected chi connectivity index (χ0v) is 10.4. The van der Waals surface area contributed by atoms with Crippen molar-refractivity contribution in [1.82, 2.24) is 0 Å². The molecule has 2 aliphatic carbocycles. The van der Waals surface area contributed by atoms with Crippen LogP contribution in [0, 0.1) is 6.92 Å². The predicted octanol–water partition coefficient (Wildman–Crippen LogP) is 1.82. The number of fused-ring (bicyclic) bond motifs is 2. The van der Waals surface area contributed by atoms with Crippen LogP contribution >= 0.6 is 0 Å². The van der Waals surface area contributed by atoms with E-state index in [1.807, 2.05) is 0 Å². The van der Waals surface area contributed by atoms with Crippen LogP contribution in [0.2, 0.25) is 0 Å². The minimum absolute atomic E-state index is 0.00260. The van der Waals surface area contributed by atoms with Gasteiger partial charge in [-0.05, 0) is 23.6 Å². The third-order valence-corrected chi connectivity index (χ3v) is 3.97. The lowest BCUT2D eigenvalue weighted by Gasteiger charge is -2.35. The lowest BCUT2D eigenvalue weighted by atomic mass is 9.65. The number of carbonyl (C=O) groups is 3. The lowest BCUT2D eigenvalue weighted by molar-refractivity contribution is 0.0596. The Bertz CT molecular complexity index is 640. The van der Waals surface area contributed by atoms with Crippen molar-refractivity contribution in [2.45, 2.75) is 26.2 Å². The summed E-state index contributed by atoms with van der Waals surface area (Å²) in [6.07, 6.45) is 0.273. The smallest absolute Gasteiger partial charge is 0.338 e. The summed E-state index contributed by atoms with van der Waals surface area (Å²) in [5, 5.41) is 0. The molecule has 2 aliphatic rings. The van der Waals surface area contributed by atoms with Gasteiger partial charge in [0.15, 0.2) is 11.6 Å². The molecule has 0 spiro atoms. The minimum atomic E-state index is -0.450. The van der Waals surface area contributed by atoms with E-state index in [9.17, 15) is 14.4 Å². The summed E-state index contributed by atoms with van der Waals surface area (Å²) in [6.45, 7) is 3.56. The minimum Gasteiger partial charge on any atom is -0.465 e. The zero-order valence-electron chi connectivity index (χ0n) is 10.4. The Balaban J connectivity index is 2.37. The number of esters is 1. The quantitative estimate of drug-likeness (QED) is 0.707. The second-order valence-electron chi connectivity index (χ2n) is 4.82. The third kappa shape index (κ3) is 1.03. The van der Waals surface area contributed by atoms with Crippen LogP contribution in [0.5, 0.6) is 0 Å². The van der Waals surface area contributed by atoms with E-state index in [4.69, 9.17) is 4.74 Å². The number of rotatable bonds is 1. The van der Waals surface area contributed by atoms with Crippen molar-refractivity contribution in [3.05, 3.63) is 33.4 Å². The van der Waals surface area contributed by atoms with E-state index in [0.717, 1.165) is 16.7 Å². The van der Waals surface area contributed by atoms with Crippen LogP contribution in [0.1, 0.15) is 60.6 Å². The van der Waals surface area contributed by atoms with Crippen LogP contribution < -0.4 is 0 Å². The van der Waals surface area contributed by atoms with Crippen LogP contribution in [-0.2, 0) is 11.2 Å². The molecule has 0 saturated heterocycles. The molecule has 18 heavy (non-hydrogen) atoms. The maximum atomic E-state index is 11.9. The van der Waals surface area contributed by atoms with Crippen molar-refractivity contribution >= 4 is 17.5 Å². The molecule has 3 rings (SSSR count). The second kappa shape index (κ2) is 3.28. The monoisotopic (exact) mass is 244 g/mol. The summed E-state index contributed by atoms with van der Waals surface area (Å²) >= 11 is 0. The van der Waals surface area contributed by atoms with Crippen molar-refractivity contribution in [3.63, 3.8) is 0 Å². The van der Waals surface area contributed by atoms with Crippen molar-refractivity contribution in [2.24, 2.45) is 0 Å². The van der Waals surface area contributed by atoms with Crippen molar-refractivity contribution in [3.8, 4) is 0 Å². The van der Waals surface area contributed by atoms with Crippen LogP contribution in [0.25, 0.3) is 0 Å². The predicted molar refractivity (Wildman–Crippen MR) is 63.3 cm³/mol. The highest BCUT2D eigenvalue weighted by molar-refractivity contribution is 6.21. The molecule has 1 atom stereocenters. The molecule has 92 valence electrons. The summed E-state index contributed by atoms with van der Waals surface area (Å²) in [5.41, 5.74) is 3.79. The maximum absolute atomic E-state index is 11.9. The van der Waals surface area contributed by atoms with Crippen molar-refractivity contribution in [2.75, 3.05) is 7.11 Å². The standard InChI is InChI=1S/C14H12O4/c1-5-9-7(4-8(9)15)12(14(17)18-3)10-6(2)13(16)11(5)10/h6H,4H2,1-3H3/t6-/m0/s1. The molecule has 1 aromatic carbocycles. The van der Waals surface area contributed by atoms with Crippen molar-refractivity contribution < 1.29 is 19.1 Å². The average molecular weight is 244 g/mol. The molecule has 0 radical (unpaired) electrons. The second-order valence-corrected chi connectivity index (χ2v) is 4.82. The number of hydrogen-bond donors (Lipinski definition) is 0. The van der Waals surface area contributed by atoms with E-state index in [0.29, 0.717) is 16.7 Å². The summed E-state index contributed by atoms with van der Waals surface area (Å²) in [7, 11) is 1.31. The molecule has 0 heterocycles. The van der Waals surface area contributed by atoms with Gasteiger partial charge in [0.25, 0.3) is 0 Å². The first-order valence-electron chi connectivity index (χ1n) is 5.84. The first-order chi connectivity index (χ1) is 8.49. The number of hydrogen-bond acceptors (Lipinski definition) is 4. The SMILES string of the molecule is COC(=O)c1c2c(c(C)c3c1[C@H](C)C3=O)C(=O)C2. The highest BCUT2D eigenvalue weighted by atomic mass is 16.5. The third-order valence-electron chi connectivity index (χ3n) is 3.97. The number of benzene rings is 1. The van der Waals surface area contributed by atoms with E-state index in [2.05, 4.69) is 0 Å². The van der Waals surface area contributed by atoms with E-state index in [1.54, 1.807) is 13.8 Å². The molecule has 4 heteroatoms. The Morgan fingerprint density at radius 3 is 2.50 bits per heavy atom. The molecule has 0 fully saturated rings. The zero-order chi connectivity index (χ0) is 13.2. The highest BCUT2D eigenvalue weighted by Gasteiger charge is 2.45. The van der Waals surface area contributed by atoms with E-state index >= 15 is 0 Å². The number of methoxy groups -OCH3 is 1. The van der Waals surface area contributed by atoms with Crippen molar-refractivity contribution in [1.29, 1.82) is 0 Å². The van der Waals surface area contributed by atoms with Gasteiger partial charge in [-0.3, -0.25) is 9.59 Å². The molecule has 0 aromatic heterocycles. The van der Waals surface area contributed by atoms with Crippen LogP contribution in [0.3, 0.4) is 0 Å². The normalized spacial score (nSPS) is 19.6. The lowest BCUT2D eigenvalue weighted by Crippen LogP contribution is -2.36.